The second-order valence-corrected chi connectivity index (χ2v) is 7.09. The smallest absolute Gasteiger partial charge is 0.275 e. The van der Waals surface area contributed by atoms with Crippen molar-refractivity contribution in [1.82, 2.24) is 9.29 Å². The summed E-state index contributed by atoms with van der Waals surface area (Å²) >= 11 is 0. The summed E-state index contributed by atoms with van der Waals surface area (Å²) in [5.74, 6) is -0.741. The summed E-state index contributed by atoms with van der Waals surface area (Å²) in [4.78, 5) is 6.10. The third kappa shape index (κ3) is 4.00. The first-order valence-corrected chi connectivity index (χ1v) is 8.71. The lowest BCUT2D eigenvalue weighted by Crippen LogP contribution is -2.42. The Bertz CT molecular complexity index is 922. The molecule has 0 aliphatic rings. The van der Waals surface area contributed by atoms with Gasteiger partial charge >= 0.3 is 6.18 Å². The molecule has 2 aromatic rings. The SMILES string of the molecule is [C-]#[N+]c1cncc(S(=O)(=O)N(CC)[C@@H](c2ccc(F)cc2)C(F)(F)F)c1. The standard InChI is InChI=1S/C16H13F4N3O2S/c1-3-23(26(24,25)14-8-13(21-2)9-22-10-14)15(16(18,19)20)11-4-6-12(17)7-5-11/h4-10,15H,3H2,1H3/t15-/m0/s1. The molecule has 1 heterocycles. The van der Waals surface area contributed by atoms with Gasteiger partial charge in [-0.15, -0.1) is 0 Å². The number of rotatable bonds is 5. The molecule has 0 aliphatic heterocycles. The van der Waals surface area contributed by atoms with Crippen molar-refractivity contribution in [3.05, 3.63) is 65.5 Å². The van der Waals surface area contributed by atoms with E-state index < -0.39 is 45.1 Å². The summed E-state index contributed by atoms with van der Waals surface area (Å²) in [6, 6.07) is 1.88. The highest BCUT2D eigenvalue weighted by atomic mass is 32.2. The molecule has 10 heteroatoms. The van der Waals surface area contributed by atoms with E-state index in [1.807, 2.05) is 0 Å². The number of hydrogen-bond donors (Lipinski definition) is 0. The zero-order valence-corrected chi connectivity index (χ0v) is 14.2. The minimum Gasteiger partial charge on any atom is -0.275 e. The molecule has 1 aromatic heterocycles. The van der Waals surface area contributed by atoms with Crippen LogP contribution in [0.2, 0.25) is 0 Å². The lowest BCUT2D eigenvalue weighted by atomic mass is 10.1. The fourth-order valence-corrected chi connectivity index (χ4v) is 3.99. The molecule has 0 spiro atoms. The lowest BCUT2D eigenvalue weighted by Gasteiger charge is -2.31. The summed E-state index contributed by atoms with van der Waals surface area (Å²) in [5.41, 5.74) is -0.536. The molecule has 26 heavy (non-hydrogen) atoms. The van der Waals surface area contributed by atoms with Crippen LogP contribution in [-0.2, 0) is 10.0 Å². The van der Waals surface area contributed by atoms with Crippen LogP contribution in [0.1, 0.15) is 18.5 Å². The van der Waals surface area contributed by atoms with Gasteiger partial charge in [0, 0.05) is 18.9 Å². The fraction of sp³-hybridized carbons (Fsp3) is 0.250. The van der Waals surface area contributed by atoms with Crippen LogP contribution >= 0.6 is 0 Å². The zero-order valence-electron chi connectivity index (χ0n) is 13.4. The zero-order chi connectivity index (χ0) is 19.5. The average molecular weight is 387 g/mol. The molecule has 1 aromatic carbocycles. The molecule has 0 bridgehead atoms. The van der Waals surface area contributed by atoms with E-state index >= 15 is 0 Å². The van der Waals surface area contributed by atoms with Gasteiger partial charge in [0.25, 0.3) is 0 Å². The molecule has 0 radical (unpaired) electrons. The van der Waals surface area contributed by atoms with Gasteiger partial charge in [0.1, 0.15) is 11.9 Å². The van der Waals surface area contributed by atoms with Crippen molar-refractivity contribution in [2.24, 2.45) is 0 Å². The van der Waals surface area contributed by atoms with Crippen molar-refractivity contribution in [3.63, 3.8) is 0 Å². The monoisotopic (exact) mass is 387 g/mol. The van der Waals surface area contributed by atoms with Gasteiger partial charge in [-0.2, -0.15) is 17.5 Å². The molecule has 138 valence electrons. The number of halogens is 4. The van der Waals surface area contributed by atoms with E-state index in [4.69, 9.17) is 6.57 Å². The highest BCUT2D eigenvalue weighted by molar-refractivity contribution is 7.89. The van der Waals surface area contributed by atoms with Gasteiger partial charge in [0.15, 0.2) is 0 Å². The first-order valence-electron chi connectivity index (χ1n) is 7.27. The Morgan fingerprint density at radius 1 is 1.23 bits per heavy atom. The maximum atomic E-state index is 13.7. The minimum atomic E-state index is -4.94. The topological polar surface area (TPSA) is 54.6 Å². The average Bonchev–Trinajstić information content (AvgIpc) is 2.59. The van der Waals surface area contributed by atoms with Crippen molar-refractivity contribution >= 4 is 15.7 Å². The van der Waals surface area contributed by atoms with Crippen LogP contribution in [-0.4, -0.2) is 30.4 Å². The molecule has 1 atom stereocenters. The maximum absolute atomic E-state index is 13.7. The highest BCUT2D eigenvalue weighted by Crippen LogP contribution is 2.40. The van der Waals surface area contributed by atoms with Crippen LogP contribution in [0.5, 0.6) is 0 Å². The number of benzene rings is 1. The molecule has 0 aliphatic carbocycles. The van der Waals surface area contributed by atoms with Gasteiger partial charge < -0.3 is 0 Å². The summed E-state index contributed by atoms with van der Waals surface area (Å²) < 4.78 is 79.9. The van der Waals surface area contributed by atoms with Crippen molar-refractivity contribution in [2.75, 3.05) is 6.54 Å². The Hall–Kier alpha value is -2.51. The number of pyridine rings is 1. The minimum absolute atomic E-state index is 0.118. The van der Waals surface area contributed by atoms with E-state index in [0.29, 0.717) is 0 Å². The van der Waals surface area contributed by atoms with Crippen molar-refractivity contribution in [3.8, 4) is 0 Å². The Morgan fingerprint density at radius 2 is 1.85 bits per heavy atom. The summed E-state index contributed by atoms with van der Waals surface area (Å²) in [6.45, 7) is 7.66. The summed E-state index contributed by atoms with van der Waals surface area (Å²) in [6.07, 6.45) is -2.96. The normalized spacial score (nSPS) is 13.4. The summed E-state index contributed by atoms with van der Waals surface area (Å²) in [5, 5.41) is 0. The van der Waals surface area contributed by atoms with Gasteiger partial charge in [-0.25, -0.2) is 17.7 Å². The van der Waals surface area contributed by atoms with E-state index in [1.165, 1.54) is 6.92 Å². The van der Waals surface area contributed by atoms with E-state index in [0.717, 1.165) is 42.7 Å². The van der Waals surface area contributed by atoms with Gasteiger partial charge in [-0.3, -0.25) is 4.98 Å². The molecule has 2 rings (SSSR count). The number of alkyl halides is 3. The Morgan fingerprint density at radius 3 is 2.35 bits per heavy atom. The maximum Gasteiger partial charge on any atom is 0.409 e. The van der Waals surface area contributed by atoms with E-state index in [2.05, 4.69) is 9.83 Å². The predicted molar refractivity (Wildman–Crippen MR) is 85.3 cm³/mol. The molecule has 0 amide bonds. The Labute approximate surface area is 147 Å². The van der Waals surface area contributed by atoms with Crippen LogP contribution in [0.3, 0.4) is 0 Å². The fourth-order valence-electron chi connectivity index (χ4n) is 2.40. The van der Waals surface area contributed by atoms with Crippen LogP contribution in [0.25, 0.3) is 4.85 Å². The van der Waals surface area contributed by atoms with Crippen LogP contribution in [0, 0.1) is 12.4 Å². The molecular weight excluding hydrogens is 374 g/mol. The molecule has 0 fully saturated rings. The number of aromatic nitrogens is 1. The predicted octanol–water partition coefficient (Wildman–Crippen LogP) is 4.09. The quantitative estimate of drug-likeness (QED) is 0.574. The Kier molecular flexibility index (Phi) is 5.63. The number of sulfonamides is 1. The van der Waals surface area contributed by atoms with Crippen molar-refractivity contribution < 1.29 is 26.0 Å². The Balaban J connectivity index is 2.60. The first-order chi connectivity index (χ1) is 12.1. The molecule has 0 saturated carbocycles. The van der Waals surface area contributed by atoms with Gasteiger partial charge in [-0.05, 0) is 23.8 Å². The van der Waals surface area contributed by atoms with Gasteiger partial charge in [0.2, 0.25) is 15.7 Å². The van der Waals surface area contributed by atoms with Gasteiger partial charge in [0.05, 0.1) is 11.5 Å². The molecular formula is C16H13F4N3O2S. The van der Waals surface area contributed by atoms with Crippen molar-refractivity contribution in [2.45, 2.75) is 24.0 Å². The van der Waals surface area contributed by atoms with Crippen LogP contribution in [0.15, 0.2) is 47.6 Å². The first kappa shape index (κ1) is 19.8. The molecule has 0 unspecified atom stereocenters. The lowest BCUT2D eigenvalue weighted by molar-refractivity contribution is -0.173. The van der Waals surface area contributed by atoms with E-state index in [-0.39, 0.29) is 9.99 Å². The molecule has 5 nitrogen and oxygen atoms in total. The second-order valence-electron chi connectivity index (χ2n) is 5.19. The third-order valence-corrected chi connectivity index (χ3v) is 5.44. The molecule has 0 saturated heterocycles. The van der Waals surface area contributed by atoms with E-state index in [9.17, 15) is 26.0 Å². The highest BCUT2D eigenvalue weighted by Gasteiger charge is 2.48. The van der Waals surface area contributed by atoms with Crippen LogP contribution in [0.4, 0.5) is 23.2 Å². The third-order valence-electron chi connectivity index (χ3n) is 3.53. The number of nitrogens with zero attached hydrogens (tertiary/aromatic N) is 3. The van der Waals surface area contributed by atoms with E-state index in [1.54, 1.807) is 0 Å². The largest absolute Gasteiger partial charge is 0.409 e. The molecule has 0 N–H and O–H groups in total. The second kappa shape index (κ2) is 7.39. The summed E-state index contributed by atoms with van der Waals surface area (Å²) in [7, 11) is -4.61. The van der Waals surface area contributed by atoms with Crippen molar-refractivity contribution in [1.29, 1.82) is 0 Å². The van der Waals surface area contributed by atoms with Gasteiger partial charge in [-0.1, -0.05) is 19.1 Å². The van der Waals surface area contributed by atoms with Crippen LogP contribution < -0.4 is 0 Å². The number of hydrogen-bond acceptors (Lipinski definition) is 3.